The predicted octanol–water partition coefficient (Wildman–Crippen LogP) is 4.92. The molecule has 0 N–H and O–H groups in total. The molecule has 0 bridgehead atoms. The Morgan fingerprint density at radius 3 is 2.47 bits per heavy atom. The first-order valence-corrected chi connectivity index (χ1v) is 11.2. The van der Waals surface area contributed by atoms with E-state index in [-0.39, 0.29) is 30.9 Å². The molecule has 1 aliphatic heterocycles. The molecule has 1 saturated heterocycles. The van der Waals surface area contributed by atoms with E-state index in [1.807, 2.05) is 6.92 Å². The fourth-order valence-corrected chi connectivity index (χ4v) is 3.87. The maximum atomic E-state index is 12.8. The Morgan fingerprint density at radius 1 is 1.03 bits per heavy atom. The zero-order valence-corrected chi connectivity index (χ0v) is 19.2. The van der Waals surface area contributed by atoms with E-state index in [4.69, 9.17) is 25.8 Å². The monoisotopic (exact) mass is 475 g/mol. The van der Waals surface area contributed by atoms with Gasteiger partial charge in [0.05, 0.1) is 24.7 Å². The number of halogens is 1. The van der Waals surface area contributed by atoms with Gasteiger partial charge in [0.2, 0.25) is 0 Å². The van der Waals surface area contributed by atoms with Gasteiger partial charge >= 0.3 is 5.97 Å². The lowest BCUT2D eigenvalue weighted by molar-refractivity contribution is -0.145. The van der Waals surface area contributed by atoms with E-state index >= 15 is 0 Å². The number of hydrogen-bond donors (Lipinski definition) is 0. The number of nitrogens with zero attached hydrogens (tertiary/aromatic N) is 1. The highest BCUT2D eigenvalue weighted by Crippen LogP contribution is 2.35. The summed E-state index contributed by atoms with van der Waals surface area (Å²) in [5, 5.41) is 0.248. The second kappa shape index (κ2) is 11.1. The second-order valence-electron chi connectivity index (χ2n) is 6.63. The molecule has 0 spiro atoms. The summed E-state index contributed by atoms with van der Waals surface area (Å²) < 4.78 is 16.0. The van der Waals surface area contributed by atoms with Crippen molar-refractivity contribution < 1.29 is 28.6 Å². The molecule has 1 heterocycles. The Balaban J connectivity index is 1.75. The Kier molecular flexibility index (Phi) is 8.19. The van der Waals surface area contributed by atoms with Crippen molar-refractivity contribution in [1.82, 2.24) is 4.90 Å². The molecule has 2 aromatic carbocycles. The van der Waals surface area contributed by atoms with Gasteiger partial charge in [-0.25, -0.2) is 4.79 Å². The molecule has 2 aromatic rings. The number of ether oxygens (including phenoxy) is 3. The van der Waals surface area contributed by atoms with Gasteiger partial charge in [0, 0.05) is 5.02 Å². The number of carbonyl (C=O) groups is 3. The number of esters is 1. The lowest BCUT2D eigenvalue weighted by Crippen LogP contribution is -2.27. The summed E-state index contributed by atoms with van der Waals surface area (Å²) >= 11 is 6.77. The van der Waals surface area contributed by atoms with Crippen molar-refractivity contribution in [2.24, 2.45) is 0 Å². The molecule has 168 valence electrons. The van der Waals surface area contributed by atoms with Crippen LogP contribution in [0.1, 0.15) is 25.0 Å². The summed E-state index contributed by atoms with van der Waals surface area (Å²) in [6.45, 7) is 4.13. The van der Waals surface area contributed by atoms with E-state index in [1.165, 1.54) is 4.90 Å². The third-order valence-corrected chi connectivity index (χ3v) is 5.50. The van der Waals surface area contributed by atoms with Crippen LogP contribution in [0.25, 0.3) is 6.08 Å². The van der Waals surface area contributed by atoms with Gasteiger partial charge < -0.3 is 14.2 Å². The molecule has 1 fully saturated rings. The van der Waals surface area contributed by atoms with E-state index in [0.717, 1.165) is 17.3 Å². The minimum atomic E-state index is -0.478. The molecular formula is C23H22ClNO6S. The molecule has 32 heavy (non-hydrogen) atoms. The van der Waals surface area contributed by atoms with Crippen LogP contribution in [0.2, 0.25) is 5.02 Å². The van der Waals surface area contributed by atoms with E-state index in [0.29, 0.717) is 33.6 Å². The van der Waals surface area contributed by atoms with Crippen LogP contribution in [0.15, 0.2) is 47.4 Å². The number of thioether (sulfide) groups is 1. The summed E-state index contributed by atoms with van der Waals surface area (Å²) in [7, 11) is 0. The van der Waals surface area contributed by atoms with Crippen LogP contribution >= 0.6 is 23.4 Å². The van der Waals surface area contributed by atoms with E-state index < -0.39 is 5.97 Å². The van der Waals surface area contributed by atoms with Gasteiger partial charge in [0.15, 0.2) is 18.1 Å². The molecule has 1 aliphatic rings. The van der Waals surface area contributed by atoms with Gasteiger partial charge in [0.25, 0.3) is 11.1 Å². The molecule has 0 radical (unpaired) electrons. The summed E-state index contributed by atoms with van der Waals surface area (Å²) in [5.41, 5.74) is 1.47. The average Bonchev–Trinajstić information content (AvgIpc) is 3.02. The SMILES string of the molecule is CCOC(=O)COc1ccc(/C=C2\SC(=O)N(Cc3ccc(Cl)cc3)C2=O)cc1OCC. The van der Waals surface area contributed by atoms with Crippen molar-refractivity contribution in [1.29, 1.82) is 0 Å². The first-order valence-electron chi connectivity index (χ1n) is 9.96. The highest BCUT2D eigenvalue weighted by atomic mass is 35.5. The van der Waals surface area contributed by atoms with Crippen LogP contribution in [-0.2, 0) is 20.9 Å². The number of benzene rings is 2. The van der Waals surface area contributed by atoms with Gasteiger partial charge in [-0.15, -0.1) is 0 Å². The molecular weight excluding hydrogens is 454 g/mol. The third kappa shape index (κ3) is 6.05. The van der Waals surface area contributed by atoms with Crippen LogP contribution in [0.5, 0.6) is 11.5 Å². The van der Waals surface area contributed by atoms with Crippen molar-refractivity contribution in [2.75, 3.05) is 19.8 Å². The lowest BCUT2D eigenvalue weighted by Gasteiger charge is -2.13. The molecule has 9 heteroatoms. The van der Waals surface area contributed by atoms with Crippen LogP contribution in [-0.4, -0.2) is 41.8 Å². The molecule has 3 rings (SSSR count). The topological polar surface area (TPSA) is 82.1 Å². The fraction of sp³-hybridized carbons (Fsp3) is 0.261. The van der Waals surface area contributed by atoms with Gasteiger partial charge in [0.1, 0.15) is 0 Å². The molecule has 0 unspecified atom stereocenters. The normalized spacial score (nSPS) is 14.7. The number of amides is 2. The zero-order valence-electron chi connectivity index (χ0n) is 17.6. The highest BCUT2D eigenvalue weighted by molar-refractivity contribution is 8.18. The van der Waals surface area contributed by atoms with Crippen LogP contribution in [0.4, 0.5) is 4.79 Å². The minimum Gasteiger partial charge on any atom is -0.490 e. The van der Waals surface area contributed by atoms with Crippen molar-refractivity contribution in [3.05, 3.63) is 63.5 Å². The maximum absolute atomic E-state index is 12.8. The summed E-state index contributed by atoms with van der Waals surface area (Å²) in [5.74, 6) is -0.0391. The second-order valence-corrected chi connectivity index (χ2v) is 8.06. The largest absolute Gasteiger partial charge is 0.490 e. The Morgan fingerprint density at radius 2 is 1.78 bits per heavy atom. The predicted molar refractivity (Wildman–Crippen MR) is 123 cm³/mol. The lowest BCUT2D eigenvalue weighted by atomic mass is 10.1. The summed E-state index contributed by atoms with van der Waals surface area (Å²) in [6.07, 6.45) is 1.63. The standard InChI is InChI=1S/C23H22ClNO6S/c1-3-29-19-11-16(7-10-18(19)31-14-21(26)30-4-2)12-20-22(27)25(23(28)32-20)13-15-5-8-17(24)9-6-15/h5-12H,3-4,13-14H2,1-2H3/b20-12-. The van der Waals surface area contributed by atoms with Gasteiger partial charge in [-0.3, -0.25) is 14.5 Å². The van der Waals surface area contributed by atoms with Crippen LogP contribution < -0.4 is 9.47 Å². The minimum absolute atomic E-state index is 0.171. The summed E-state index contributed by atoms with van der Waals surface area (Å²) in [6, 6.07) is 12.0. The molecule has 0 aromatic heterocycles. The Hall–Kier alpha value is -2.97. The first-order chi connectivity index (χ1) is 15.4. The van der Waals surface area contributed by atoms with Crippen LogP contribution in [0, 0.1) is 0 Å². The first kappa shape index (κ1) is 23.7. The van der Waals surface area contributed by atoms with Crippen LogP contribution in [0.3, 0.4) is 0 Å². The molecule has 2 amide bonds. The van der Waals surface area contributed by atoms with Crippen molar-refractivity contribution in [3.63, 3.8) is 0 Å². The quantitative estimate of drug-likeness (QED) is 0.376. The number of imide groups is 1. The Labute approximate surface area is 195 Å². The fourth-order valence-electron chi connectivity index (χ4n) is 2.90. The van der Waals surface area contributed by atoms with E-state index in [9.17, 15) is 14.4 Å². The summed E-state index contributed by atoms with van der Waals surface area (Å²) in [4.78, 5) is 38.2. The molecule has 7 nitrogen and oxygen atoms in total. The van der Waals surface area contributed by atoms with E-state index in [2.05, 4.69) is 0 Å². The maximum Gasteiger partial charge on any atom is 0.344 e. The number of rotatable bonds is 9. The Bertz CT molecular complexity index is 1040. The van der Waals surface area contributed by atoms with Crippen molar-refractivity contribution in [2.45, 2.75) is 20.4 Å². The van der Waals surface area contributed by atoms with Gasteiger partial charge in [-0.1, -0.05) is 29.8 Å². The average molecular weight is 476 g/mol. The van der Waals surface area contributed by atoms with E-state index in [1.54, 1.807) is 55.5 Å². The molecule has 0 atom stereocenters. The van der Waals surface area contributed by atoms with Gasteiger partial charge in [-0.05, 0) is 67.1 Å². The molecule has 0 saturated carbocycles. The number of carbonyl (C=O) groups excluding carboxylic acids is 3. The van der Waals surface area contributed by atoms with Crippen molar-refractivity contribution in [3.8, 4) is 11.5 Å². The highest BCUT2D eigenvalue weighted by Gasteiger charge is 2.35. The van der Waals surface area contributed by atoms with Gasteiger partial charge in [-0.2, -0.15) is 0 Å². The third-order valence-electron chi connectivity index (χ3n) is 4.34. The zero-order chi connectivity index (χ0) is 23.1. The number of hydrogen-bond acceptors (Lipinski definition) is 7. The molecule has 0 aliphatic carbocycles. The smallest absolute Gasteiger partial charge is 0.344 e. The van der Waals surface area contributed by atoms with Crippen molar-refractivity contribution >= 4 is 46.6 Å².